The minimum Gasteiger partial charge on any atom is -0.497 e. The maximum atomic E-state index is 15.2. The summed E-state index contributed by atoms with van der Waals surface area (Å²) >= 11 is 0. The highest BCUT2D eigenvalue weighted by molar-refractivity contribution is 7.91. The third kappa shape index (κ3) is 8.32. The summed E-state index contributed by atoms with van der Waals surface area (Å²) in [6.07, 6.45) is 5.52. The lowest BCUT2D eigenvalue weighted by molar-refractivity contribution is -0.146. The predicted octanol–water partition coefficient (Wildman–Crippen LogP) is 4.57. The van der Waals surface area contributed by atoms with Crippen molar-refractivity contribution in [2.75, 3.05) is 38.3 Å². The average Bonchev–Trinajstić information content (AvgIpc) is 3.99. The Morgan fingerprint density at radius 3 is 2.47 bits per heavy atom. The lowest BCUT2D eigenvalue weighted by atomic mass is 9.85. The van der Waals surface area contributed by atoms with E-state index < -0.39 is 86.4 Å². The van der Waals surface area contributed by atoms with Crippen molar-refractivity contribution in [2.45, 2.75) is 126 Å². The van der Waals surface area contributed by atoms with Gasteiger partial charge < -0.3 is 29.7 Å². The highest BCUT2D eigenvalue weighted by atomic mass is 32.2. The van der Waals surface area contributed by atoms with Crippen LogP contribution in [-0.4, -0.2) is 125 Å². The number of alkyl halides is 1. The highest BCUT2D eigenvalue weighted by Gasteiger charge is 2.64. The van der Waals surface area contributed by atoms with Crippen LogP contribution < -0.4 is 24.4 Å². The molecule has 0 unspecified atom stereocenters. The Morgan fingerprint density at radius 2 is 1.83 bits per heavy atom. The van der Waals surface area contributed by atoms with Crippen molar-refractivity contribution in [3.8, 4) is 11.6 Å². The summed E-state index contributed by atoms with van der Waals surface area (Å²) in [5.74, 6) is -1.98. The summed E-state index contributed by atoms with van der Waals surface area (Å²) in [4.78, 5) is 71.3. The Balaban J connectivity index is 1.28. The number of allylic oxidation sites excluding steroid dienone is 1. The number of hydrogen-bond acceptors (Lipinski definition) is 11. The molecule has 1 aromatic carbocycles. The summed E-state index contributed by atoms with van der Waals surface area (Å²) in [5.41, 5.74) is -2.13. The Kier molecular flexibility index (Phi) is 11.8. The smallest absolute Gasteiger partial charge is 0.408 e. The van der Waals surface area contributed by atoms with Gasteiger partial charge in [-0.2, -0.15) is 4.98 Å². The Labute approximate surface area is 350 Å². The first kappa shape index (κ1) is 43.4. The van der Waals surface area contributed by atoms with Gasteiger partial charge in [0.05, 0.1) is 24.6 Å². The molecule has 2 aliphatic carbocycles. The molecule has 4 amide bonds. The fourth-order valence-electron chi connectivity index (χ4n) is 9.22. The SMILES string of the molecule is COc1ccc2c(O[C@@H]3C[C@H]4C(=O)N[C@]5(C(=O)NS(=O)(=O)C6(CF)CC6)C[C@H]5/C=C\CC[C@@H](C)C[C@@H](C)[C@H](N(C(=O)O)C(C)(C)C)C(=O)N4C3)nc(N3CCCC3)nc2c1. The molecule has 2 aromatic rings. The molecule has 3 aliphatic heterocycles. The number of nitrogens with zero attached hydrogens (tertiary/aromatic N) is 5. The first-order valence-corrected chi connectivity index (χ1v) is 22.5. The van der Waals surface area contributed by atoms with Gasteiger partial charge in [0.1, 0.15) is 40.9 Å². The van der Waals surface area contributed by atoms with Crippen LogP contribution in [0.3, 0.4) is 0 Å². The molecule has 3 N–H and O–H groups in total. The topological polar surface area (TPSA) is 201 Å². The number of halogens is 1. The molecule has 60 heavy (non-hydrogen) atoms. The first-order chi connectivity index (χ1) is 28.3. The minimum atomic E-state index is -4.42. The number of nitrogens with one attached hydrogen (secondary N) is 2. The van der Waals surface area contributed by atoms with Crippen LogP contribution in [-0.2, 0) is 24.4 Å². The van der Waals surface area contributed by atoms with Gasteiger partial charge in [0.25, 0.3) is 5.91 Å². The number of amides is 4. The quantitative estimate of drug-likeness (QED) is 0.298. The van der Waals surface area contributed by atoms with E-state index in [1.165, 1.54) is 4.90 Å². The van der Waals surface area contributed by atoms with Gasteiger partial charge in [-0.1, -0.05) is 26.0 Å². The first-order valence-electron chi connectivity index (χ1n) is 21.0. The summed E-state index contributed by atoms with van der Waals surface area (Å²) in [5, 5.41) is 14.1. The van der Waals surface area contributed by atoms with E-state index in [2.05, 4.69) is 14.9 Å². The molecule has 0 radical (unpaired) electrons. The molecule has 0 spiro atoms. The number of carboxylic acid groups (broad SMARTS) is 1. The number of hydrogen-bond donors (Lipinski definition) is 3. The summed E-state index contributed by atoms with van der Waals surface area (Å²) in [6, 6.07) is 2.87. The number of rotatable bonds is 9. The van der Waals surface area contributed by atoms with Crippen molar-refractivity contribution >= 4 is 50.7 Å². The Hall–Kier alpha value is -4.74. The molecular weight excluding hydrogens is 798 g/mol. The molecule has 0 bridgehead atoms. The molecule has 18 heteroatoms. The number of ether oxygens (including phenoxy) is 2. The Bertz CT molecular complexity index is 2160. The zero-order valence-corrected chi connectivity index (χ0v) is 36.1. The molecule has 7 atom stereocenters. The molecule has 5 aliphatic rings. The fraction of sp³-hybridized carbons (Fsp3) is 0.667. The molecule has 328 valence electrons. The number of methoxy groups -OCH3 is 1. The van der Waals surface area contributed by atoms with Gasteiger partial charge in [-0.15, -0.1) is 0 Å². The van der Waals surface area contributed by atoms with Crippen LogP contribution in [0.15, 0.2) is 30.4 Å². The van der Waals surface area contributed by atoms with E-state index in [1.54, 1.807) is 52.2 Å². The molecular formula is C42H58FN7O9S. The van der Waals surface area contributed by atoms with Crippen molar-refractivity contribution in [1.82, 2.24) is 29.8 Å². The van der Waals surface area contributed by atoms with E-state index in [-0.39, 0.29) is 44.0 Å². The van der Waals surface area contributed by atoms with Crippen LogP contribution in [0.5, 0.6) is 11.6 Å². The van der Waals surface area contributed by atoms with Crippen molar-refractivity contribution in [1.29, 1.82) is 0 Å². The van der Waals surface area contributed by atoms with Gasteiger partial charge in [-0.25, -0.2) is 22.6 Å². The summed E-state index contributed by atoms with van der Waals surface area (Å²) in [7, 11) is -2.86. The zero-order valence-electron chi connectivity index (χ0n) is 35.3. The molecule has 4 heterocycles. The molecule has 1 aromatic heterocycles. The third-order valence-electron chi connectivity index (χ3n) is 13.0. The standard InChI is InChI=1S/C42H58FN7O9S/c1-25-11-7-8-12-27-22-42(27,37(53)47-60(56,57)41(24-43)15-16-41)46-34(51)32-21-29(23-49(32)36(52)33(26(2)19-25)50(39(54)55)40(3,4)5)59-35-30-14-13-28(58-6)20-31(30)44-38(45-35)48-17-9-10-18-48/h8,12-14,20,25-27,29,32-33H,7,9-11,15-19,21-24H2,1-6H3,(H,46,51)(H,47,53)(H,54,55)/b12-8-/t25-,26-,27-,29-,32+,33+,42-/m1/s1. The van der Waals surface area contributed by atoms with Crippen LogP contribution >= 0.6 is 0 Å². The molecule has 4 fully saturated rings. The largest absolute Gasteiger partial charge is 0.497 e. The van der Waals surface area contributed by atoms with E-state index in [9.17, 15) is 32.3 Å². The minimum absolute atomic E-state index is 0.0557. The maximum absolute atomic E-state index is 15.2. The number of benzene rings is 1. The van der Waals surface area contributed by atoms with Gasteiger partial charge >= 0.3 is 6.09 Å². The predicted molar refractivity (Wildman–Crippen MR) is 221 cm³/mol. The number of carbonyl (C=O) groups excluding carboxylic acids is 3. The number of carbonyl (C=O) groups is 4. The van der Waals surface area contributed by atoms with Gasteiger partial charge in [0, 0.05) is 37.0 Å². The molecule has 7 rings (SSSR count). The summed E-state index contributed by atoms with van der Waals surface area (Å²) < 4.78 is 53.0. The number of aromatic nitrogens is 2. The van der Waals surface area contributed by atoms with E-state index in [0.29, 0.717) is 41.9 Å². The van der Waals surface area contributed by atoms with Gasteiger partial charge in [0.15, 0.2) is 0 Å². The van der Waals surface area contributed by atoms with Crippen LogP contribution in [0.4, 0.5) is 15.1 Å². The van der Waals surface area contributed by atoms with Crippen LogP contribution in [0.1, 0.15) is 92.4 Å². The monoisotopic (exact) mass is 855 g/mol. The van der Waals surface area contributed by atoms with Crippen molar-refractivity contribution in [3.63, 3.8) is 0 Å². The lowest BCUT2D eigenvalue weighted by Crippen LogP contribution is -2.62. The average molecular weight is 856 g/mol. The zero-order chi connectivity index (χ0) is 43.4. The van der Waals surface area contributed by atoms with Crippen molar-refractivity contribution < 1.29 is 46.6 Å². The molecule has 2 saturated heterocycles. The second-order valence-corrected chi connectivity index (χ2v) is 20.6. The van der Waals surface area contributed by atoms with Gasteiger partial charge in [-0.05, 0) is 96.1 Å². The molecule has 2 saturated carbocycles. The van der Waals surface area contributed by atoms with Crippen LogP contribution in [0, 0.1) is 17.8 Å². The van der Waals surface area contributed by atoms with E-state index >= 15 is 4.79 Å². The Morgan fingerprint density at radius 1 is 1.12 bits per heavy atom. The lowest BCUT2D eigenvalue weighted by Gasteiger charge is -2.43. The highest BCUT2D eigenvalue weighted by Crippen LogP contribution is 2.48. The van der Waals surface area contributed by atoms with E-state index in [4.69, 9.17) is 19.4 Å². The third-order valence-corrected chi connectivity index (χ3v) is 15.1. The van der Waals surface area contributed by atoms with Crippen molar-refractivity contribution in [2.24, 2.45) is 17.8 Å². The van der Waals surface area contributed by atoms with E-state index in [0.717, 1.165) is 30.8 Å². The van der Waals surface area contributed by atoms with Gasteiger partial charge in [-0.3, -0.25) is 24.0 Å². The van der Waals surface area contributed by atoms with E-state index in [1.807, 2.05) is 19.9 Å². The fourth-order valence-corrected chi connectivity index (χ4v) is 10.6. The van der Waals surface area contributed by atoms with Crippen molar-refractivity contribution in [3.05, 3.63) is 30.4 Å². The second kappa shape index (κ2) is 16.3. The van der Waals surface area contributed by atoms with Crippen LogP contribution in [0.25, 0.3) is 10.9 Å². The normalized spacial score (nSPS) is 30.0. The molecule has 16 nitrogen and oxygen atoms in total. The number of sulfonamides is 1. The summed E-state index contributed by atoms with van der Waals surface area (Å²) in [6.45, 7) is 9.30. The second-order valence-electron chi connectivity index (χ2n) is 18.5. The number of anilines is 1. The maximum Gasteiger partial charge on any atom is 0.408 e. The van der Waals surface area contributed by atoms with Gasteiger partial charge in [0.2, 0.25) is 33.7 Å². The van der Waals surface area contributed by atoms with Crippen LogP contribution in [0.2, 0.25) is 0 Å². The number of fused-ring (bicyclic) bond motifs is 3.